The van der Waals surface area contributed by atoms with Crippen molar-refractivity contribution in [2.24, 2.45) is 0 Å². The molecule has 0 radical (unpaired) electrons. The largest absolute Gasteiger partial charge is 0.490 e. The van der Waals surface area contributed by atoms with Crippen LogP contribution in [0.1, 0.15) is 47.8 Å². The van der Waals surface area contributed by atoms with E-state index in [0.717, 1.165) is 39.0 Å². The van der Waals surface area contributed by atoms with Gasteiger partial charge in [0, 0.05) is 16.8 Å². The molecule has 4 rings (SSSR count). The van der Waals surface area contributed by atoms with Crippen molar-refractivity contribution in [3.8, 4) is 28.7 Å². The summed E-state index contributed by atoms with van der Waals surface area (Å²) >= 11 is 5.48. The number of aryl methyl sites for hydroxylation is 3. The summed E-state index contributed by atoms with van der Waals surface area (Å²) < 4.78 is 23.2. The van der Waals surface area contributed by atoms with Gasteiger partial charge in [0.2, 0.25) is 11.6 Å². The number of rotatable bonds is 9. The first-order valence-electron chi connectivity index (χ1n) is 12.9. The quantitative estimate of drug-likeness (QED) is 0.222. The van der Waals surface area contributed by atoms with Crippen LogP contribution >= 0.6 is 12.2 Å². The van der Waals surface area contributed by atoms with Crippen LogP contribution in [0.5, 0.6) is 17.2 Å². The highest BCUT2D eigenvalue weighted by Crippen LogP contribution is 2.39. The van der Waals surface area contributed by atoms with Gasteiger partial charge in [0.05, 0.1) is 19.8 Å². The fourth-order valence-corrected chi connectivity index (χ4v) is 4.24. The van der Waals surface area contributed by atoms with Gasteiger partial charge in [-0.3, -0.25) is 10.1 Å². The van der Waals surface area contributed by atoms with Gasteiger partial charge in [0.1, 0.15) is 5.52 Å². The Morgan fingerprint density at radius 1 is 0.872 bits per heavy atom. The fraction of sp³-hybridized carbons (Fsp3) is 0.300. The first-order chi connectivity index (χ1) is 18.7. The number of oxazole rings is 1. The first-order valence-corrected chi connectivity index (χ1v) is 13.3. The van der Waals surface area contributed by atoms with E-state index in [0.29, 0.717) is 48.5 Å². The van der Waals surface area contributed by atoms with Gasteiger partial charge in [-0.2, -0.15) is 0 Å². The van der Waals surface area contributed by atoms with Crippen molar-refractivity contribution >= 4 is 40.0 Å². The predicted octanol–water partition coefficient (Wildman–Crippen LogP) is 6.74. The third-order valence-electron chi connectivity index (χ3n) is 6.14. The van der Waals surface area contributed by atoms with Gasteiger partial charge in [0.15, 0.2) is 22.2 Å². The van der Waals surface area contributed by atoms with Crippen LogP contribution in [-0.2, 0) is 0 Å². The zero-order valence-corrected chi connectivity index (χ0v) is 23.9. The van der Waals surface area contributed by atoms with Crippen LogP contribution in [0, 0.1) is 20.8 Å². The average Bonchev–Trinajstić information content (AvgIpc) is 3.30. The molecular formula is C30H33N3O5S. The molecule has 2 N–H and O–H groups in total. The molecule has 0 bridgehead atoms. The minimum absolute atomic E-state index is 0.147. The van der Waals surface area contributed by atoms with E-state index in [1.165, 1.54) is 0 Å². The maximum Gasteiger partial charge on any atom is 0.257 e. The fourth-order valence-electron chi connectivity index (χ4n) is 4.04. The summed E-state index contributed by atoms with van der Waals surface area (Å²) in [6.45, 7) is 12.9. The molecule has 0 spiro atoms. The highest BCUT2D eigenvalue weighted by Gasteiger charge is 2.19. The number of amides is 1. The number of thiocarbonyl (C=S) groups is 1. The van der Waals surface area contributed by atoms with E-state index >= 15 is 0 Å². The monoisotopic (exact) mass is 547 g/mol. The van der Waals surface area contributed by atoms with Crippen molar-refractivity contribution in [2.75, 3.05) is 25.1 Å². The lowest BCUT2D eigenvalue weighted by Crippen LogP contribution is -2.34. The molecule has 0 aliphatic heterocycles. The number of nitrogens with zero attached hydrogens (tertiary/aromatic N) is 1. The Bertz CT molecular complexity index is 1460. The molecule has 204 valence electrons. The second kappa shape index (κ2) is 12.2. The highest BCUT2D eigenvalue weighted by molar-refractivity contribution is 7.80. The van der Waals surface area contributed by atoms with Gasteiger partial charge in [-0.15, -0.1) is 0 Å². The number of nitrogens with one attached hydrogen (secondary N) is 2. The van der Waals surface area contributed by atoms with Gasteiger partial charge in [0.25, 0.3) is 5.91 Å². The van der Waals surface area contributed by atoms with Crippen molar-refractivity contribution in [2.45, 2.75) is 41.5 Å². The Labute approximate surface area is 233 Å². The van der Waals surface area contributed by atoms with Gasteiger partial charge in [-0.05, 0) is 107 Å². The number of ether oxygens (including phenoxy) is 3. The van der Waals surface area contributed by atoms with Crippen molar-refractivity contribution in [1.29, 1.82) is 0 Å². The third kappa shape index (κ3) is 6.31. The van der Waals surface area contributed by atoms with Gasteiger partial charge in [-0.1, -0.05) is 6.07 Å². The van der Waals surface area contributed by atoms with E-state index in [-0.39, 0.29) is 5.11 Å². The minimum Gasteiger partial charge on any atom is -0.490 e. The maximum absolute atomic E-state index is 13.1. The SMILES string of the molecule is CCOc1cc(C(=O)NC(=S)Nc2cc(-c3nc4cc(C)c(C)cc4o3)ccc2C)cc(OCC)c1OCC. The number of carbonyl (C=O) groups is 1. The smallest absolute Gasteiger partial charge is 0.257 e. The number of anilines is 1. The summed E-state index contributed by atoms with van der Waals surface area (Å²) in [5.74, 6) is 1.43. The van der Waals surface area contributed by atoms with E-state index in [1.807, 2.05) is 65.0 Å². The molecule has 0 aliphatic carbocycles. The van der Waals surface area contributed by atoms with Crippen LogP contribution in [0.25, 0.3) is 22.6 Å². The zero-order valence-electron chi connectivity index (χ0n) is 23.1. The summed E-state index contributed by atoms with van der Waals surface area (Å²) in [5.41, 5.74) is 6.63. The minimum atomic E-state index is -0.407. The van der Waals surface area contributed by atoms with Crippen LogP contribution in [-0.4, -0.2) is 35.8 Å². The third-order valence-corrected chi connectivity index (χ3v) is 6.34. The molecule has 0 saturated carbocycles. The van der Waals surface area contributed by atoms with Gasteiger partial charge < -0.3 is 23.9 Å². The van der Waals surface area contributed by atoms with E-state index in [4.69, 9.17) is 30.8 Å². The number of carbonyl (C=O) groups excluding carboxylic acids is 1. The molecule has 0 atom stereocenters. The number of benzene rings is 3. The number of aromatic nitrogens is 1. The molecule has 4 aromatic rings. The Kier molecular flexibility index (Phi) is 8.71. The molecule has 0 unspecified atom stereocenters. The molecule has 8 nitrogen and oxygen atoms in total. The predicted molar refractivity (Wildman–Crippen MR) is 157 cm³/mol. The number of hydrogen-bond acceptors (Lipinski definition) is 7. The van der Waals surface area contributed by atoms with Crippen LogP contribution in [0.2, 0.25) is 0 Å². The molecule has 1 aromatic heterocycles. The molecular weight excluding hydrogens is 514 g/mol. The Hall–Kier alpha value is -4.11. The lowest BCUT2D eigenvalue weighted by atomic mass is 10.1. The number of hydrogen-bond donors (Lipinski definition) is 2. The van der Waals surface area contributed by atoms with Crippen LogP contribution in [0.4, 0.5) is 5.69 Å². The maximum atomic E-state index is 13.1. The van der Waals surface area contributed by atoms with Crippen molar-refractivity contribution in [3.63, 3.8) is 0 Å². The van der Waals surface area contributed by atoms with Crippen molar-refractivity contribution < 1.29 is 23.4 Å². The molecule has 0 fully saturated rings. The molecule has 0 saturated heterocycles. The summed E-state index contributed by atoms with van der Waals surface area (Å²) in [6, 6.07) is 13.0. The standard InChI is InChI=1S/C30H33N3O5S/c1-7-35-25-15-21(16-26(36-8-2)27(25)37-9-3)28(34)33-30(39)32-22-14-20(11-10-17(22)4)29-31-23-12-18(5)19(6)13-24(23)38-29/h10-16H,7-9H2,1-6H3,(H2,32,33,34,39). The highest BCUT2D eigenvalue weighted by atomic mass is 32.1. The van der Waals surface area contributed by atoms with Gasteiger partial charge >= 0.3 is 0 Å². The normalized spacial score (nSPS) is 10.8. The van der Waals surface area contributed by atoms with Crippen molar-refractivity contribution in [3.05, 3.63) is 64.7 Å². The molecule has 0 aliphatic rings. The molecule has 1 amide bonds. The van der Waals surface area contributed by atoms with E-state index in [1.54, 1.807) is 12.1 Å². The van der Waals surface area contributed by atoms with E-state index in [2.05, 4.69) is 22.5 Å². The summed E-state index contributed by atoms with van der Waals surface area (Å²) in [6.07, 6.45) is 0. The van der Waals surface area contributed by atoms with Crippen LogP contribution in [0.3, 0.4) is 0 Å². The Morgan fingerprint density at radius 2 is 1.51 bits per heavy atom. The number of fused-ring (bicyclic) bond motifs is 1. The molecule has 3 aromatic carbocycles. The topological polar surface area (TPSA) is 94.9 Å². The molecule has 1 heterocycles. The Morgan fingerprint density at radius 3 is 2.15 bits per heavy atom. The zero-order chi connectivity index (χ0) is 28.1. The second-order valence-corrected chi connectivity index (χ2v) is 9.37. The summed E-state index contributed by atoms with van der Waals surface area (Å²) in [4.78, 5) is 17.8. The van der Waals surface area contributed by atoms with Crippen LogP contribution < -0.4 is 24.8 Å². The van der Waals surface area contributed by atoms with Crippen molar-refractivity contribution in [1.82, 2.24) is 10.3 Å². The second-order valence-electron chi connectivity index (χ2n) is 8.96. The lowest BCUT2D eigenvalue weighted by molar-refractivity contribution is 0.0976. The molecule has 39 heavy (non-hydrogen) atoms. The summed E-state index contributed by atoms with van der Waals surface area (Å²) in [5, 5.41) is 6.02. The average molecular weight is 548 g/mol. The first kappa shape index (κ1) is 27.9. The van der Waals surface area contributed by atoms with E-state index in [9.17, 15) is 4.79 Å². The summed E-state index contributed by atoms with van der Waals surface area (Å²) in [7, 11) is 0. The van der Waals surface area contributed by atoms with Gasteiger partial charge in [-0.25, -0.2) is 4.98 Å². The van der Waals surface area contributed by atoms with E-state index < -0.39 is 5.91 Å². The Balaban J connectivity index is 1.54. The van der Waals surface area contributed by atoms with Crippen LogP contribution in [0.15, 0.2) is 46.9 Å². The molecule has 9 heteroatoms. The lowest BCUT2D eigenvalue weighted by Gasteiger charge is -2.17.